The van der Waals surface area contributed by atoms with E-state index in [1.807, 2.05) is 12.1 Å². The van der Waals surface area contributed by atoms with Crippen molar-refractivity contribution >= 4 is 12.1 Å². The second kappa shape index (κ2) is 4.34. The second-order valence-corrected chi connectivity index (χ2v) is 3.77. The van der Waals surface area contributed by atoms with Gasteiger partial charge in [-0.15, -0.1) is 0 Å². The van der Waals surface area contributed by atoms with Crippen LogP contribution in [0.5, 0.6) is 0 Å². The number of hydrogen-bond donors (Lipinski definition) is 0. The summed E-state index contributed by atoms with van der Waals surface area (Å²) in [6.45, 7) is 3.79. The van der Waals surface area contributed by atoms with Gasteiger partial charge in [0.2, 0.25) is 6.41 Å². The van der Waals surface area contributed by atoms with E-state index in [0.717, 1.165) is 32.3 Å². The molecule has 0 saturated carbocycles. The fraction of sp³-hybridized carbons (Fsp3) is 0.417. The molecule has 0 aromatic heterocycles. The number of para-hydroxylation sites is 1. The summed E-state index contributed by atoms with van der Waals surface area (Å²) >= 11 is 0. The predicted octanol–water partition coefficient (Wildman–Crippen LogP) is 1.83. The van der Waals surface area contributed by atoms with Crippen molar-refractivity contribution in [3.63, 3.8) is 0 Å². The number of fused-ring (bicyclic) bond motifs is 1. The van der Waals surface area contributed by atoms with Crippen LogP contribution in [-0.2, 0) is 11.2 Å². The molecular formula is C12H16N2O. The van der Waals surface area contributed by atoms with Crippen molar-refractivity contribution in [2.45, 2.75) is 19.8 Å². The number of benzene rings is 1. The van der Waals surface area contributed by atoms with Gasteiger partial charge in [0.15, 0.2) is 0 Å². The molecule has 3 heteroatoms. The van der Waals surface area contributed by atoms with E-state index >= 15 is 0 Å². The highest BCUT2D eigenvalue weighted by Crippen LogP contribution is 2.28. The van der Waals surface area contributed by atoms with Gasteiger partial charge in [-0.3, -0.25) is 14.8 Å². The summed E-state index contributed by atoms with van der Waals surface area (Å²) in [6, 6.07) is 8.28. The maximum atomic E-state index is 11.0. The molecular weight excluding hydrogens is 188 g/mol. The molecule has 0 bridgehead atoms. The largest absolute Gasteiger partial charge is 0.283 e. The van der Waals surface area contributed by atoms with Crippen molar-refractivity contribution < 1.29 is 4.79 Å². The molecule has 0 saturated heterocycles. The lowest BCUT2D eigenvalue weighted by molar-refractivity contribution is -0.118. The fourth-order valence-corrected chi connectivity index (χ4v) is 2.05. The van der Waals surface area contributed by atoms with E-state index in [0.29, 0.717) is 0 Å². The predicted molar refractivity (Wildman–Crippen MR) is 60.6 cm³/mol. The molecule has 0 atom stereocenters. The number of carbonyl (C=O) groups excluding carboxylic acids is 1. The first kappa shape index (κ1) is 10.0. The Hall–Kier alpha value is -1.51. The van der Waals surface area contributed by atoms with Gasteiger partial charge in [-0.2, -0.15) is 0 Å². The minimum atomic E-state index is 0.790. The maximum Gasteiger partial charge on any atom is 0.228 e. The van der Waals surface area contributed by atoms with Crippen LogP contribution in [0.3, 0.4) is 0 Å². The number of carbonyl (C=O) groups is 1. The maximum absolute atomic E-state index is 11.0. The lowest BCUT2D eigenvalue weighted by Gasteiger charge is -2.30. The molecule has 1 amide bonds. The molecule has 2 rings (SSSR count). The molecule has 0 radical (unpaired) electrons. The highest BCUT2D eigenvalue weighted by atomic mass is 16.1. The molecule has 0 unspecified atom stereocenters. The molecule has 1 heterocycles. The smallest absolute Gasteiger partial charge is 0.228 e. The lowest BCUT2D eigenvalue weighted by Crippen LogP contribution is -2.41. The van der Waals surface area contributed by atoms with Crippen LogP contribution in [-0.4, -0.2) is 24.5 Å². The van der Waals surface area contributed by atoms with Crippen LogP contribution in [0, 0.1) is 0 Å². The Labute approximate surface area is 90.3 Å². The molecule has 1 aliphatic rings. The van der Waals surface area contributed by atoms with Gasteiger partial charge in [-0.25, -0.2) is 0 Å². The van der Waals surface area contributed by atoms with Crippen LogP contribution in [0.15, 0.2) is 24.3 Å². The second-order valence-electron chi connectivity index (χ2n) is 3.77. The summed E-state index contributed by atoms with van der Waals surface area (Å²) in [4.78, 5) is 11.0. The number of hydrazine groups is 1. The zero-order valence-corrected chi connectivity index (χ0v) is 9.02. The van der Waals surface area contributed by atoms with E-state index < -0.39 is 0 Å². The van der Waals surface area contributed by atoms with Crippen molar-refractivity contribution in [1.82, 2.24) is 5.01 Å². The molecule has 1 aliphatic heterocycles. The van der Waals surface area contributed by atoms with Crippen molar-refractivity contribution in [3.8, 4) is 0 Å². The van der Waals surface area contributed by atoms with E-state index in [1.165, 1.54) is 11.3 Å². The van der Waals surface area contributed by atoms with Crippen LogP contribution in [0.4, 0.5) is 5.69 Å². The van der Waals surface area contributed by atoms with Gasteiger partial charge < -0.3 is 0 Å². The molecule has 0 spiro atoms. The Morgan fingerprint density at radius 3 is 3.00 bits per heavy atom. The van der Waals surface area contributed by atoms with Crippen LogP contribution in [0.2, 0.25) is 0 Å². The van der Waals surface area contributed by atoms with E-state index in [-0.39, 0.29) is 0 Å². The minimum Gasteiger partial charge on any atom is -0.283 e. The standard InChI is InChI=1S/C12H16N2O/c1-2-8-13(10-15)14-9-7-11-5-3-4-6-12(11)14/h3-6,10H,2,7-9H2,1H3. The first-order valence-electron chi connectivity index (χ1n) is 5.44. The summed E-state index contributed by atoms with van der Waals surface area (Å²) < 4.78 is 0. The van der Waals surface area contributed by atoms with Gasteiger partial charge in [0.05, 0.1) is 5.69 Å². The summed E-state index contributed by atoms with van der Waals surface area (Å²) in [6.07, 6.45) is 2.94. The summed E-state index contributed by atoms with van der Waals surface area (Å²) in [5.74, 6) is 0. The van der Waals surface area contributed by atoms with Crippen molar-refractivity contribution in [3.05, 3.63) is 29.8 Å². The quantitative estimate of drug-likeness (QED) is 0.699. The Bertz CT molecular complexity index is 351. The van der Waals surface area contributed by atoms with Crippen molar-refractivity contribution in [1.29, 1.82) is 0 Å². The Balaban J connectivity index is 2.22. The van der Waals surface area contributed by atoms with Crippen molar-refractivity contribution in [2.24, 2.45) is 0 Å². The SMILES string of the molecule is CCCN(C=O)N1CCc2ccccc21. The summed E-state index contributed by atoms with van der Waals surface area (Å²) in [5.41, 5.74) is 2.51. The van der Waals surface area contributed by atoms with E-state index in [1.54, 1.807) is 5.01 Å². The van der Waals surface area contributed by atoms with Crippen molar-refractivity contribution in [2.75, 3.05) is 18.1 Å². The van der Waals surface area contributed by atoms with Crippen LogP contribution < -0.4 is 5.01 Å². The third-order valence-electron chi connectivity index (χ3n) is 2.75. The summed E-state index contributed by atoms with van der Waals surface area (Å²) in [5, 5.41) is 3.84. The van der Waals surface area contributed by atoms with E-state index in [2.05, 4.69) is 24.1 Å². The zero-order valence-electron chi connectivity index (χ0n) is 9.02. The van der Waals surface area contributed by atoms with Gasteiger partial charge >= 0.3 is 0 Å². The number of anilines is 1. The highest BCUT2D eigenvalue weighted by molar-refractivity contribution is 5.62. The van der Waals surface area contributed by atoms with Crippen LogP contribution in [0.1, 0.15) is 18.9 Å². The van der Waals surface area contributed by atoms with Gasteiger partial charge in [-0.05, 0) is 24.5 Å². The van der Waals surface area contributed by atoms with Crippen LogP contribution in [0.25, 0.3) is 0 Å². The average molecular weight is 204 g/mol. The first-order valence-corrected chi connectivity index (χ1v) is 5.44. The minimum absolute atomic E-state index is 0.790. The fourth-order valence-electron chi connectivity index (χ4n) is 2.05. The zero-order chi connectivity index (χ0) is 10.7. The normalized spacial score (nSPS) is 13.8. The molecule has 80 valence electrons. The Kier molecular flexibility index (Phi) is 2.90. The monoisotopic (exact) mass is 204 g/mol. The van der Waals surface area contributed by atoms with Gasteiger partial charge in [0, 0.05) is 13.1 Å². The Morgan fingerprint density at radius 1 is 1.47 bits per heavy atom. The molecule has 0 N–H and O–H groups in total. The van der Waals surface area contributed by atoms with E-state index in [4.69, 9.17) is 0 Å². The Morgan fingerprint density at radius 2 is 2.27 bits per heavy atom. The highest BCUT2D eigenvalue weighted by Gasteiger charge is 2.22. The number of nitrogens with zero attached hydrogens (tertiary/aromatic N) is 2. The molecule has 0 fully saturated rings. The summed E-state index contributed by atoms with van der Waals surface area (Å²) in [7, 11) is 0. The topological polar surface area (TPSA) is 23.6 Å². The number of amides is 1. The molecule has 15 heavy (non-hydrogen) atoms. The number of hydrogen-bond acceptors (Lipinski definition) is 2. The van der Waals surface area contributed by atoms with E-state index in [9.17, 15) is 4.79 Å². The van der Waals surface area contributed by atoms with Gasteiger partial charge in [-0.1, -0.05) is 25.1 Å². The molecule has 3 nitrogen and oxygen atoms in total. The third kappa shape index (κ3) is 1.82. The molecule has 1 aromatic rings. The molecule has 1 aromatic carbocycles. The first-order chi connectivity index (χ1) is 7.36. The number of rotatable bonds is 4. The van der Waals surface area contributed by atoms with Gasteiger partial charge in [0.1, 0.15) is 0 Å². The lowest BCUT2D eigenvalue weighted by atomic mass is 10.2. The average Bonchev–Trinajstić information content (AvgIpc) is 2.70. The molecule has 0 aliphatic carbocycles. The van der Waals surface area contributed by atoms with Gasteiger partial charge in [0.25, 0.3) is 0 Å². The third-order valence-corrected chi connectivity index (χ3v) is 2.75. The van der Waals surface area contributed by atoms with Crippen LogP contribution >= 0.6 is 0 Å².